The van der Waals surface area contributed by atoms with Gasteiger partial charge < -0.3 is 19.4 Å². The quantitative estimate of drug-likeness (QED) is 0.649. The van der Waals surface area contributed by atoms with E-state index >= 15 is 0 Å². The molecule has 0 aliphatic heterocycles. The van der Waals surface area contributed by atoms with Crippen LogP contribution in [0.15, 0.2) is 77.4 Å². The van der Waals surface area contributed by atoms with E-state index in [4.69, 9.17) is 9.15 Å². The van der Waals surface area contributed by atoms with Gasteiger partial charge in [0.05, 0.1) is 17.5 Å². The Kier molecular flexibility index (Phi) is 6.09. The molecule has 3 aromatic rings. The zero-order valence-corrected chi connectivity index (χ0v) is 16.0. The molecule has 148 valence electrons. The summed E-state index contributed by atoms with van der Waals surface area (Å²) < 4.78 is 10.6. The lowest BCUT2D eigenvalue weighted by Crippen LogP contribution is -2.31. The van der Waals surface area contributed by atoms with Gasteiger partial charge in [0, 0.05) is 19.7 Å². The third kappa shape index (κ3) is 4.70. The van der Waals surface area contributed by atoms with E-state index in [-0.39, 0.29) is 22.9 Å². The second-order valence-corrected chi connectivity index (χ2v) is 6.41. The fourth-order valence-electron chi connectivity index (χ4n) is 2.66. The number of ether oxygens (including phenoxy) is 1. The average Bonchev–Trinajstić information content (AvgIpc) is 3.27. The number of amides is 2. The van der Waals surface area contributed by atoms with Crippen LogP contribution in [0.5, 0.6) is 0 Å². The van der Waals surface area contributed by atoms with Crippen LogP contribution in [-0.4, -0.2) is 36.8 Å². The number of hydrogen-bond donors (Lipinski definition) is 1. The highest BCUT2D eigenvalue weighted by Gasteiger charge is 2.28. The fraction of sp³-hybridized carbons (Fsp3) is 0.136. The Morgan fingerprint density at radius 1 is 0.931 bits per heavy atom. The van der Waals surface area contributed by atoms with Gasteiger partial charge in [0.25, 0.3) is 11.8 Å². The van der Waals surface area contributed by atoms with E-state index in [9.17, 15) is 14.4 Å². The van der Waals surface area contributed by atoms with Crippen molar-refractivity contribution in [2.75, 3.05) is 19.4 Å². The van der Waals surface area contributed by atoms with Gasteiger partial charge >= 0.3 is 5.97 Å². The van der Waals surface area contributed by atoms with Crippen LogP contribution in [0.4, 0.5) is 5.69 Å². The van der Waals surface area contributed by atoms with Gasteiger partial charge in [-0.25, -0.2) is 4.79 Å². The van der Waals surface area contributed by atoms with Crippen LogP contribution in [-0.2, 0) is 9.53 Å². The van der Waals surface area contributed by atoms with E-state index in [1.807, 2.05) is 6.07 Å². The topological polar surface area (TPSA) is 88.9 Å². The van der Waals surface area contributed by atoms with Crippen molar-refractivity contribution in [2.24, 2.45) is 0 Å². The maximum absolute atomic E-state index is 12.9. The molecule has 0 aliphatic rings. The molecule has 7 nitrogen and oxygen atoms in total. The summed E-state index contributed by atoms with van der Waals surface area (Å²) in [5, 5.41) is 2.63. The van der Waals surface area contributed by atoms with Crippen molar-refractivity contribution in [3.05, 3.63) is 89.9 Å². The van der Waals surface area contributed by atoms with Gasteiger partial charge in [-0.15, -0.1) is 0 Å². The Morgan fingerprint density at radius 3 is 2.28 bits per heavy atom. The number of furan rings is 1. The Morgan fingerprint density at radius 2 is 1.62 bits per heavy atom. The molecule has 1 atom stereocenters. The third-order valence-electron chi connectivity index (χ3n) is 4.13. The second kappa shape index (κ2) is 8.88. The van der Waals surface area contributed by atoms with Crippen LogP contribution in [0.2, 0.25) is 0 Å². The Labute approximate surface area is 167 Å². The lowest BCUT2D eigenvalue weighted by atomic mass is 10.1. The molecule has 0 spiro atoms. The SMILES string of the molecule is CN(C)C(=O)[C@H](OC(=O)c1ccccc1NC(=O)c1ccco1)c1ccccc1. The molecule has 0 fully saturated rings. The van der Waals surface area contributed by atoms with Gasteiger partial charge in [-0.3, -0.25) is 9.59 Å². The highest BCUT2D eigenvalue weighted by atomic mass is 16.5. The number of para-hydroxylation sites is 1. The van der Waals surface area contributed by atoms with Crippen molar-refractivity contribution in [3.8, 4) is 0 Å². The van der Waals surface area contributed by atoms with E-state index in [1.165, 1.54) is 23.3 Å². The molecule has 3 rings (SSSR count). The predicted octanol–water partition coefficient (Wildman–Crippen LogP) is 3.52. The minimum Gasteiger partial charge on any atom is -0.459 e. The predicted molar refractivity (Wildman–Crippen MR) is 106 cm³/mol. The summed E-state index contributed by atoms with van der Waals surface area (Å²) in [6.07, 6.45) is 0.277. The van der Waals surface area contributed by atoms with Crippen molar-refractivity contribution in [3.63, 3.8) is 0 Å². The molecule has 1 N–H and O–H groups in total. The van der Waals surface area contributed by atoms with E-state index in [0.29, 0.717) is 5.56 Å². The van der Waals surface area contributed by atoms with Crippen LogP contribution in [0.25, 0.3) is 0 Å². The summed E-state index contributed by atoms with van der Waals surface area (Å²) in [6.45, 7) is 0. The normalized spacial score (nSPS) is 11.4. The number of likely N-dealkylation sites (N-methyl/N-ethyl adjacent to an activating group) is 1. The summed E-state index contributed by atoms with van der Waals surface area (Å²) in [7, 11) is 3.17. The smallest absolute Gasteiger partial charge is 0.341 e. The van der Waals surface area contributed by atoms with Crippen LogP contribution < -0.4 is 5.32 Å². The molecule has 0 saturated carbocycles. The summed E-state index contributed by atoms with van der Waals surface area (Å²) in [6, 6.07) is 18.3. The van der Waals surface area contributed by atoms with Crippen LogP contribution in [0.3, 0.4) is 0 Å². The number of carbonyl (C=O) groups excluding carboxylic acids is 3. The van der Waals surface area contributed by atoms with Gasteiger partial charge in [-0.1, -0.05) is 42.5 Å². The first-order valence-electron chi connectivity index (χ1n) is 8.88. The number of nitrogens with one attached hydrogen (secondary N) is 1. The molecule has 1 heterocycles. The van der Waals surface area contributed by atoms with Crippen molar-refractivity contribution in [2.45, 2.75) is 6.10 Å². The van der Waals surface area contributed by atoms with Crippen LogP contribution in [0.1, 0.15) is 32.6 Å². The first kappa shape index (κ1) is 19.9. The van der Waals surface area contributed by atoms with Crippen LogP contribution in [0, 0.1) is 0 Å². The van der Waals surface area contributed by atoms with Crippen molar-refractivity contribution < 1.29 is 23.5 Å². The van der Waals surface area contributed by atoms with E-state index < -0.39 is 18.0 Å². The molecule has 7 heteroatoms. The van der Waals surface area contributed by atoms with Crippen molar-refractivity contribution in [1.29, 1.82) is 0 Å². The monoisotopic (exact) mass is 392 g/mol. The van der Waals surface area contributed by atoms with Gasteiger partial charge in [0.1, 0.15) is 0 Å². The molecule has 0 radical (unpaired) electrons. The maximum Gasteiger partial charge on any atom is 0.341 e. The summed E-state index contributed by atoms with van der Waals surface area (Å²) in [4.78, 5) is 39.1. The van der Waals surface area contributed by atoms with Crippen LogP contribution >= 0.6 is 0 Å². The molecule has 2 aromatic carbocycles. The van der Waals surface area contributed by atoms with Gasteiger partial charge in [0.15, 0.2) is 5.76 Å². The Hall–Kier alpha value is -3.87. The van der Waals surface area contributed by atoms with E-state index in [2.05, 4.69) is 5.32 Å². The van der Waals surface area contributed by atoms with Gasteiger partial charge in [-0.2, -0.15) is 0 Å². The number of anilines is 1. The minimum absolute atomic E-state index is 0.109. The summed E-state index contributed by atoms with van der Waals surface area (Å²) >= 11 is 0. The standard InChI is InChI=1S/C22H20N2O5/c1-24(2)21(26)19(15-9-4-3-5-10-15)29-22(27)16-11-6-7-12-17(16)23-20(25)18-13-8-14-28-18/h3-14,19H,1-2H3,(H,23,25)/t19-/m1/s1. The third-order valence-corrected chi connectivity index (χ3v) is 4.13. The molecule has 1 aromatic heterocycles. The molecule has 0 bridgehead atoms. The fourth-order valence-corrected chi connectivity index (χ4v) is 2.66. The second-order valence-electron chi connectivity index (χ2n) is 6.41. The average molecular weight is 392 g/mol. The number of nitrogens with zero attached hydrogens (tertiary/aromatic N) is 1. The highest BCUT2D eigenvalue weighted by molar-refractivity contribution is 6.07. The van der Waals surface area contributed by atoms with Crippen molar-refractivity contribution >= 4 is 23.5 Å². The van der Waals surface area contributed by atoms with Crippen molar-refractivity contribution in [1.82, 2.24) is 4.90 Å². The zero-order chi connectivity index (χ0) is 20.8. The molecule has 0 aliphatic carbocycles. The van der Waals surface area contributed by atoms with E-state index in [0.717, 1.165) is 0 Å². The molecule has 29 heavy (non-hydrogen) atoms. The first-order chi connectivity index (χ1) is 14.0. The molecule has 0 unspecified atom stereocenters. The molecule has 0 saturated heterocycles. The Bertz CT molecular complexity index is 997. The summed E-state index contributed by atoms with van der Waals surface area (Å²) in [5.74, 6) is -1.50. The molecule has 2 amide bonds. The highest BCUT2D eigenvalue weighted by Crippen LogP contribution is 2.24. The number of hydrogen-bond acceptors (Lipinski definition) is 5. The number of rotatable bonds is 6. The van der Waals surface area contributed by atoms with Gasteiger partial charge in [0.2, 0.25) is 6.10 Å². The first-order valence-corrected chi connectivity index (χ1v) is 8.88. The largest absolute Gasteiger partial charge is 0.459 e. The Balaban J connectivity index is 1.85. The number of benzene rings is 2. The maximum atomic E-state index is 12.9. The number of carbonyl (C=O) groups is 3. The lowest BCUT2D eigenvalue weighted by Gasteiger charge is -2.21. The molecular formula is C22H20N2O5. The van der Waals surface area contributed by atoms with E-state index in [1.54, 1.807) is 62.6 Å². The summed E-state index contributed by atoms with van der Waals surface area (Å²) in [5.41, 5.74) is 0.930. The zero-order valence-electron chi connectivity index (χ0n) is 16.0. The van der Waals surface area contributed by atoms with Gasteiger partial charge in [-0.05, 0) is 24.3 Å². The lowest BCUT2D eigenvalue weighted by molar-refractivity contribution is -0.138. The minimum atomic E-state index is -1.10. The number of esters is 1. The molecular weight excluding hydrogens is 372 g/mol.